The van der Waals surface area contributed by atoms with Crippen LogP contribution in [0.3, 0.4) is 0 Å². The standard InChI is InChI=1S/C22H22FN5O4/c1-25-20(29)19(24-28(22(25)31)17-7-9-18(32-2)10-8-17)21(30)27-13-11-26(12-14-27)16-5-3-15(23)4-6-16/h3-10H,11-14H2,1-2H3. The monoisotopic (exact) mass is 439 g/mol. The molecule has 1 aromatic heterocycles. The van der Waals surface area contributed by atoms with Crippen molar-refractivity contribution in [2.45, 2.75) is 0 Å². The zero-order chi connectivity index (χ0) is 22.8. The predicted octanol–water partition coefficient (Wildman–Crippen LogP) is 1.04. The number of benzene rings is 2. The summed E-state index contributed by atoms with van der Waals surface area (Å²) in [6.07, 6.45) is 0. The molecular formula is C22H22FN5O4. The molecule has 1 aliphatic heterocycles. The largest absolute Gasteiger partial charge is 0.497 e. The highest BCUT2D eigenvalue weighted by Crippen LogP contribution is 2.17. The predicted molar refractivity (Wildman–Crippen MR) is 116 cm³/mol. The smallest absolute Gasteiger partial charge is 0.351 e. The minimum absolute atomic E-state index is 0.309. The summed E-state index contributed by atoms with van der Waals surface area (Å²) >= 11 is 0. The summed E-state index contributed by atoms with van der Waals surface area (Å²) in [5.74, 6) is -0.245. The highest BCUT2D eigenvalue weighted by molar-refractivity contribution is 5.92. The molecule has 1 aliphatic rings. The van der Waals surface area contributed by atoms with E-state index in [2.05, 4.69) is 5.10 Å². The number of aromatic nitrogens is 3. The molecule has 0 radical (unpaired) electrons. The van der Waals surface area contributed by atoms with Gasteiger partial charge >= 0.3 is 5.69 Å². The molecule has 0 spiro atoms. The summed E-state index contributed by atoms with van der Waals surface area (Å²) in [4.78, 5) is 41.9. The van der Waals surface area contributed by atoms with Crippen LogP contribution >= 0.6 is 0 Å². The molecule has 2 aromatic carbocycles. The van der Waals surface area contributed by atoms with Gasteiger partial charge in [0.2, 0.25) is 5.69 Å². The molecule has 0 bridgehead atoms. The van der Waals surface area contributed by atoms with Gasteiger partial charge in [-0.25, -0.2) is 9.18 Å². The van der Waals surface area contributed by atoms with Gasteiger partial charge in [0.05, 0.1) is 12.8 Å². The van der Waals surface area contributed by atoms with Crippen molar-refractivity contribution in [3.8, 4) is 11.4 Å². The summed E-state index contributed by atoms with van der Waals surface area (Å²) in [5.41, 5.74) is -0.455. The first-order chi connectivity index (χ1) is 15.4. The third-order valence-corrected chi connectivity index (χ3v) is 5.45. The van der Waals surface area contributed by atoms with Gasteiger partial charge in [0.15, 0.2) is 0 Å². The van der Waals surface area contributed by atoms with Crippen LogP contribution in [0.25, 0.3) is 5.69 Å². The minimum Gasteiger partial charge on any atom is -0.497 e. The Kier molecular flexibility index (Phi) is 5.76. The van der Waals surface area contributed by atoms with Crippen LogP contribution < -0.4 is 20.9 Å². The average molecular weight is 439 g/mol. The lowest BCUT2D eigenvalue weighted by atomic mass is 10.2. The van der Waals surface area contributed by atoms with Crippen LogP contribution in [0.2, 0.25) is 0 Å². The van der Waals surface area contributed by atoms with Crippen molar-refractivity contribution in [1.29, 1.82) is 0 Å². The Morgan fingerprint density at radius 3 is 2.12 bits per heavy atom. The van der Waals surface area contributed by atoms with Gasteiger partial charge in [-0.1, -0.05) is 0 Å². The van der Waals surface area contributed by atoms with Crippen LogP contribution in [-0.4, -0.2) is 58.4 Å². The maximum Gasteiger partial charge on any atom is 0.351 e. The molecule has 166 valence electrons. The molecule has 10 heteroatoms. The highest BCUT2D eigenvalue weighted by atomic mass is 19.1. The number of carbonyl (C=O) groups excluding carboxylic acids is 1. The Morgan fingerprint density at radius 1 is 0.938 bits per heavy atom. The normalized spacial score (nSPS) is 13.8. The Bertz CT molecular complexity index is 1240. The molecule has 0 atom stereocenters. The van der Waals surface area contributed by atoms with Crippen LogP contribution in [0.1, 0.15) is 10.5 Å². The van der Waals surface area contributed by atoms with E-state index in [4.69, 9.17) is 4.74 Å². The molecule has 2 heterocycles. The van der Waals surface area contributed by atoms with E-state index in [0.29, 0.717) is 37.6 Å². The summed E-state index contributed by atoms with van der Waals surface area (Å²) in [5, 5.41) is 4.10. The van der Waals surface area contributed by atoms with E-state index in [1.807, 2.05) is 4.90 Å². The fraction of sp³-hybridized carbons (Fsp3) is 0.273. The van der Waals surface area contributed by atoms with Gasteiger partial charge in [-0.2, -0.15) is 9.78 Å². The minimum atomic E-state index is -0.745. The first kappa shape index (κ1) is 21.3. The van der Waals surface area contributed by atoms with E-state index in [1.165, 1.54) is 31.2 Å². The van der Waals surface area contributed by atoms with Gasteiger partial charge in [0, 0.05) is 38.9 Å². The number of halogens is 1. The van der Waals surface area contributed by atoms with Crippen LogP contribution in [0.15, 0.2) is 58.1 Å². The first-order valence-electron chi connectivity index (χ1n) is 10.0. The summed E-state index contributed by atoms with van der Waals surface area (Å²) < 4.78 is 20.2. The van der Waals surface area contributed by atoms with Gasteiger partial charge < -0.3 is 14.5 Å². The number of carbonyl (C=O) groups is 1. The summed E-state index contributed by atoms with van der Waals surface area (Å²) in [7, 11) is 2.84. The van der Waals surface area contributed by atoms with E-state index in [9.17, 15) is 18.8 Å². The number of rotatable bonds is 4. The van der Waals surface area contributed by atoms with Crippen molar-refractivity contribution in [1.82, 2.24) is 19.2 Å². The van der Waals surface area contributed by atoms with Gasteiger partial charge in [0.25, 0.3) is 11.5 Å². The second kappa shape index (κ2) is 8.66. The molecule has 1 fully saturated rings. The Balaban J connectivity index is 1.58. The molecule has 0 unspecified atom stereocenters. The van der Waals surface area contributed by atoms with Crippen LogP contribution in [0, 0.1) is 5.82 Å². The summed E-state index contributed by atoms with van der Waals surface area (Å²) in [6, 6.07) is 12.7. The Labute approximate surface area is 182 Å². The number of anilines is 1. The molecule has 1 amide bonds. The van der Waals surface area contributed by atoms with Crippen molar-refractivity contribution >= 4 is 11.6 Å². The molecule has 1 saturated heterocycles. The number of nitrogens with zero attached hydrogens (tertiary/aromatic N) is 5. The van der Waals surface area contributed by atoms with Crippen molar-refractivity contribution in [3.05, 3.63) is 80.9 Å². The van der Waals surface area contributed by atoms with Crippen LogP contribution in [-0.2, 0) is 7.05 Å². The van der Waals surface area contributed by atoms with E-state index in [1.54, 1.807) is 36.4 Å². The van der Waals surface area contributed by atoms with Crippen LogP contribution in [0.5, 0.6) is 5.75 Å². The molecular weight excluding hydrogens is 417 g/mol. The molecule has 0 saturated carbocycles. The van der Waals surface area contributed by atoms with E-state index in [0.717, 1.165) is 14.9 Å². The van der Waals surface area contributed by atoms with Gasteiger partial charge in [-0.3, -0.25) is 14.2 Å². The van der Waals surface area contributed by atoms with Crippen LogP contribution in [0.4, 0.5) is 10.1 Å². The lowest BCUT2D eigenvalue weighted by Gasteiger charge is -2.35. The number of hydrogen-bond donors (Lipinski definition) is 0. The second-order valence-electron chi connectivity index (χ2n) is 7.36. The first-order valence-corrected chi connectivity index (χ1v) is 10.0. The SMILES string of the molecule is COc1ccc(-n2nc(C(=O)N3CCN(c4ccc(F)cc4)CC3)c(=O)n(C)c2=O)cc1. The summed E-state index contributed by atoms with van der Waals surface area (Å²) in [6.45, 7) is 1.77. The Hall–Kier alpha value is -3.95. The fourth-order valence-corrected chi connectivity index (χ4v) is 3.57. The topological polar surface area (TPSA) is 89.7 Å². The number of methoxy groups -OCH3 is 1. The number of piperazine rings is 1. The molecule has 0 aliphatic carbocycles. The third kappa shape index (κ3) is 3.98. The lowest BCUT2D eigenvalue weighted by molar-refractivity contribution is 0.0735. The third-order valence-electron chi connectivity index (χ3n) is 5.45. The average Bonchev–Trinajstić information content (AvgIpc) is 2.83. The Morgan fingerprint density at radius 2 is 1.53 bits per heavy atom. The second-order valence-corrected chi connectivity index (χ2v) is 7.36. The van der Waals surface area contributed by atoms with Crippen molar-refractivity contribution < 1.29 is 13.9 Å². The van der Waals surface area contributed by atoms with Crippen molar-refractivity contribution in [2.75, 3.05) is 38.2 Å². The van der Waals surface area contributed by atoms with E-state index in [-0.39, 0.29) is 11.5 Å². The van der Waals surface area contributed by atoms with Gasteiger partial charge in [-0.05, 0) is 48.5 Å². The molecule has 9 nitrogen and oxygen atoms in total. The molecule has 32 heavy (non-hydrogen) atoms. The molecule has 4 rings (SSSR count). The maximum atomic E-state index is 13.2. The maximum absolute atomic E-state index is 13.2. The van der Waals surface area contributed by atoms with Gasteiger partial charge in [-0.15, -0.1) is 0 Å². The van der Waals surface area contributed by atoms with Crippen molar-refractivity contribution in [2.24, 2.45) is 7.05 Å². The zero-order valence-corrected chi connectivity index (χ0v) is 17.7. The number of ether oxygens (including phenoxy) is 1. The van der Waals surface area contributed by atoms with E-state index >= 15 is 0 Å². The lowest BCUT2D eigenvalue weighted by Crippen LogP contribution is -2.51. The quantitative estimate of drug-likeness (QED) is 0.604. The zero-order valence-electron chi connectivity index (χ0n) is 17.7. The molecule has 3 aromatic rings. The fourth-order valence-electron chi connectivity index (χ4n) is 3.57. The van der Waals surface area contributed by atoms with Gasteiger partial charge in [0.1, 0.15) is 11.6 Å². The number of hydrogen-bond acceptors (Lipinski definition) is 6. The van der Waals surface area contributed by atoms with E-state index < -0.39 is 17.2 Å². The van der Waals surface area contributed by atoms with Crippen molar-refractivity contribution in [3.63, 3.8) is 0 Å². The molecule has 0 N–H and O–H groups in total. The highest BCUT2D eigenvalue weighted by Gasteiger charge is 2.27. The number of amides is 1.